The predicted molar refractivity (Wildman–Crippen MR) is 101 cm³/mol. The molecule has 0 aliphatic carbocycles. The van der Waals surface area contributed by atoms with Gasteiger partial charge < -0.3 is 15.0 Å². The Bertz CT molecular complexity index is 756. The summed E-state index contributed by atoms with van der Waals surface area (Å²) < 4.78 is 44.3. The van der Waals surface area contributed by atoms with E-state index in [1.54, 1.807) is 6.20 Å². The van der Waals surface area contributed by atoms with Crippen LogP contribution in [0.2, 0.25) is 0 Å². The number of hydrogen-bond acceptors (Lipinski definition) is 4. The molecule has 1 N–H and O–H groups in total. The van der Waals surface area contributed by atoms with Gasteiger partial charge in [0.05, 0.1) is 23.8 Å². The van der Waals surface area contributed by atoms with Gasteiger partial charge in [0, 0.05) is 42.9 Å². The van der Waals surface area contributed by atoms with Crippen LogP contribution in [0, 0.1) is 0 Å². The number of ether oxygens (including phenoxy) is 1. The maximum absolute atomic E-state index is 12.9. The van der Waals surface area contributed by atoms with Crippen LogP contribution in [-0.4, -0.2) is 48.3 Å². The fourth-order valence-electron chi connectivity index (χ4n) is 3.39. The maximum Gasteiger partial charge on any atom is 0.416 e. The van der Waals surface area contributed by atoms with E-state index in [1.165, 1.54) is 6.07 Å². The number of likely N-dealkylation sites (tertiary alicyclic amines) is 1. The number of halogens is 3. The highest BCUT2D eigenvalue weighted by Gasteiger charge is 2.30. The lowest BCUT2D eigenvalue weighted by Gasteiger charge is -2.33. The topological polar surface area (TPSA) is 37.4 Å². The molecule has 1 fully saturated rings. The van der Waals surface area contributed by atoms with Crippen LogP contribution in [0.25, 0.3) is 10.9 Å². The quantitative estimate of drug-likeness (QED) is 0.796. The number of hydrogen-bond donors (Lipinski definition) is 1. The second kappa shape index (κ2) is 8.44. The highest BCUT2D eigenvalue weighted by atomic mass is 19.4. The van der Waals surface area contributed by atoms with Crippen LogP contribution in [-0.2, 0) is 10.9 Å². The molecule has 0 spiro atoms. The number of nitrogens with one attached hydrogen (secondary N) is 1. The number of pyridine rings is 1. The van der Waals surface area contributed by atoms with E-state index in [2.05, 4.69) is 15.2 Å². The van der Waals surface area contributed by atoms with Gasteiger partial charge in [-0.3, -0.25) is 4.98 Å². The Balaban J connectivity index is 1.61. The summed E-state index contributed by atoms with van der Waals surface area (Å²) in [6.45, 7) is 7.72. The van der Waals surface area contributed by atoms with Crippen molar-refractivity contribution < 1.29 is 17.9 Å². The number of nitrogens with zero attached hydrogens (tertiary/aromatic N) is 2. The standard InChI is InChI=1S/C20H26F3N3O/c1-14(2)27-12-11-26-9-6-16(7-10-26)25-18-5-8-24-19-13-15(20(21,22)23)3-4-17(18)19/h3-5,8,13-14,16H,6-7,9-12H2,1-2H3,(H,24,25). The summed E-state index contributed by atoms with van der Waals surface area (Å²) in [5.74, 6) is 0. The van der Waals surface area contributed by atoms with E-state index < -0.39 is 11.7 Å². The van der Waals surface area contributed by atoms with Crippen LogP contribution in [0.3, 0.4) is 0 Å². The van der Waals surface area contributed by atoms with Crippen molar-refractivity contribution in [2.75, 3.05) is 31.6 Å². The van der Waals surface area contributed by atoms with Crippen molar-refractivity contribution in [2.24, 2.45) is 0 Å². The third-order valence-electron chi connectivity index (χ3n) is 4.88. The van der Waals surface area contributed by atoms with Gasteiger partial charge in [0.15, 0.2) is 0 Å². The molecule has 2 aromatic rings. The predicted octanol–water partition coefficient (Wildman–Crippen LogP) is 4.55. The molecule has 0 atom stereocenters. The lowest BCUT2D eigenvalue weighted by molar-refractivity contribution is -0.137. The third kappa shape index (κ3) is 5.32. The number of fused-ring (bicyclic) bond motifs is 1. The summed E-state index contributed by atoms with van der Waals surface area (Å²) in [5.41, 5.74) is 0.532. The Morgan fingerprint density at radius 2 is 1.96 bits per heavy atom. The Hall–Kier alpha value is -1.86. The van der Waals surface area contributed by atoms with Crippen LogP contribution < -0.4 is 5.32 Å². The van der Waals surface area contributed by atoms with E-state index in [0.29, 0.717) is 11.6 Å². The highest BCUT2D eigenvalue weighted by molar-refractivity contribution is 5.91. The van der Waals surface area contributed by atoms with Gasteiger partial charge in [-0.05, 0) is 44.9 Å². The zero-order chi connectivity index (χ0) is 19.4. The average molecular weight is 381 g/mol. The second-order valence-corrected chi connectivity index (χ2v) is 7.27. The smallest absolute Gasteiger partial charge is 0.382 e. The number of rotatable bonds is 6. The Kier molecular flexibility index (Phi) is 6.22. The molecule has 1 saturated heterocycles. The molecule has 148 valence electrons. The molecule has 0 unspecified atom stereocenters. The number of anilines is 1. The van der Waals surface area contributed by atoms with E-state index in [9.17, 15) is 13.2 Å². The third-order valence-corrected chi connectivity index (χ3v) is 4.88. The van der Waals surface area contributed by atoms with Crippen LogP contribution in [0.4, 0.5) is 18.9 Å². The number of benzene rings is 1. The maximum atomic E-state index is 12.9. The van der Waals surface area contributed by atoms with Crippen LogP contribution in [0.1, 0.15) is 32.3 Å². The second-order valence-electron chi connectivity index (χ2n) is 7.27. The minimum Gasteiger partial charge on any atom is -0.382 e. The molecular formula is C20H26F3N3O. The summed E-state index contributed by atoms with van der Waals surface area (Å²) >= 11 is 0. The summed E-state index contributed by atoms with van der Waals surface area (Å²) in [4.78, 5) is 6.50. The zero-order valence-corrected chi connectivity index (χ0v) is 15.7. The highest BCUT2D eigenvalue weighted by Crippen LogP contribution is 2.33. The number of alkyl halides is 3. The molecule has 1 aliphatic rings. The van der Waals surface area contributed by atoms with Gasteiger partial charge in [0.25, 0.3) is 0 Å². The van der Waals surface area contributed by atoms with Crippen molar-refractivity contribution in [3.8, 4) is 0 Å². The fourth-order valence-corrected chi connectivity index (χ4v) is 3.39. The molecular weight excluding hydrogens is 355 g/mol. The molecule has 3 rings (SSSR count). The van der Waals surface area contributed by atoms with Crippen LogP contribution in [0.15, 0.2) is 30.5 Å². The monoisotopic (exact) mass is 381 g/mol. The lowest BCUT2D eigenvalue weighted by atomic mass is 10.0. The zero-order valence-electron chi connectivity index (χ0n) is 15.7. The van der Waals surface area contributed by atoms with Gasteiger partial charge in [-0.1, -0.05) is 6.07 Å². The van der Waals surface area contributed by atoms with E-state index in [0.717, 1.165) is 62.3 Å². The molecule has 0 saturated carbocycles. The molecule has 27 heavy (non-hydrogen) atoms. The van der Waals surface area contributed by atoms with Gasteiger partial charge in [0.1, 0.15) is 0 Å². The van der Waals surface area contributed by atoms with E-state index in [1.807, 2.05) is 19.9 Å². The first kappa shape index (κ1) is 19.9. The minimum atomic E-state index is -4.36. The summed E-state index contributed by atoms with van der Waals surface area (Å²) in [5, 5.41) is 4.22. The van der Waals surface area contributed by atoms with Crippen LogP contribution in [0.5, 0.6) is 0 Å². The molecule has 7 heteroatoms. The van der Waals surface area contributed by atoms with Crippen molar-refractivity contribution in [1.82, 2.24) is 9.88 Å². The van der Waals surface area contributed by atoms with Crippen molar-refractivity contribution in [3.05, 3.63) is 36.0 Å². The van der Waals surface area contributed by atoms with E-state index >= 15 is 0 Å². The van der Waals surface area contributed by atoms with Gasteiger partial charge in [-0.15, -0.1) is 0 Å². The normalized spacial score (nSPS) is 17.0. The van der Waals surface area contributed by atoms with Crippen molar-refractivity contribution in [1.29, 1.82) is 0 Å². The van der Waals surface area contributed by atoms with Gasteiger partial charge in [0.2, 0.25) is 0 Å². The molecule has 0 amide bonds. The Labute approximate surface area is 157 Å². The van der Waals surface area contributed by atoms with Gasteiger partial charge >= 0.3 is 6.18 Å². The van der Waals surface area contributed by atoms with E-state index in [-0.39, 0.29) is 6.10 Å². The van der Waals surface area contributed by atoms with Crippen LogP contribution >= 0.6 is 0 Å². The first-order valence-corrected chi connectivity index (χ1v) is 9.39. The van der Waals surface area contributed by atoms with Crippen molar-refractivity contribution in [3.63, 3.8) is 0 Å². The summed E-state index contributed by atoms with van der Waals surface area (Å²) in [7, 11) is 0. The molecule has 2 heterocycles. The first-order chi connectivity index (χ1) is 12.8. The summed E-state index contributed by atoms with van der Waals surface area (Å²) in [6, 6.07) is 5.87. The fraction of sp³-hybridized carbons (Fsp3) is 0.550. The van der Waals surface area contributed by atoms with Crippen molar-refractivity contribution in [2.45, 2.75) is 45.0 Å². The van der Waals surface area contributed by atoms with Crippen molar-refractivity contribution >= 4 is 16.6 Å². The molecule has 1 aromatic carbocycles. The number of piperidine rings is 1. The Morgan fingerprint density at radius 1 is 1.22 bits per heavy atom. The first-order valence-electron chi connectivity index (χ1n) is 9.39. The van der Waals surface area contributed by atoms with E-state index in [4.69, 9.17) is 4.74 Å². The lowest BCUT2D eigenvalue weighted by Crippen LogP contribution is -2.40. The Morgan fingerprint density at radius 3 is 2.63 bits per heavy atom. The minimum absolute atomic E-state index is 0.252. The average Bonchev–Trinajstić information content (AvgIpc) is 2.62. The molecule has 0 bridgehead atoms. The van der Waals surface area contributed by atoms with Gasteiger partial charge in [-0.2, -0.15) is 13.2 Å². The summed E-state index contributed by atoms with van der Waals surface area (Å²) in [6.07, 6.45) is -0.561. The molecule has 0 radical (unpaired) electrons. The molecule has 4 nitrogen and oxygen atoms in total. The van der Waals surface area contributed by atoms with Gasteiger partial charge in [-0.25, -0.2) is 0 Å². The number of aromatic nitrogens is 1. The SMILES string of the molecule is CC(C)OCCN1CCC(Nc2ccnc3cc(C(F)(F)F)ccc23)CC1. The largest absolute Gasteiger partial charge is 0.416 e. The molecule has 1 aliphatic heterocycles. The molecule has 1 aromatic heterocycles.